The van der Waals surface area contributed by atoms with E-state index in [9.17, 15) is 9.59 Å². The fourth-order valence-corrected chi connectivity index (χ4v) is 0.962. The van der Waals surface area contributed by atoms with Gasteiger partial charge in [-0.2, -0.15) is 0 Å². The number of carbonyl (C=O) groups is 2. The minimum Gasteiger partial charge on any atom is -0.466 e. The van der Waals surface area contributed by atoms with Crippen LogP contribution in [0.1, 0.15) is 20.3 Å². The van der Waals surface area contributed by atoms with Gasteiger partial charge in [0, 0.05) is 20.1 Å². The highest BCUT2D eigenvalue weighted by atomic mass is 16.5. The first-order valence-electron chi connectivity index (χ1n) is 5.06. The van der Waals surface area contributed by atoms with Crippen molar-refractivity contribution >= 4 is 11.9 Å². The number of hydrogen-bond acceptors (Lipinski definition) is 4. The van der Waals surface area contributed by atoms with Crippen molar-refractivity contribution in [2.45, 2.75) is 26.3 Å². The van der Waals surface area contributed by atoms with Crippen LogP contribution in [0, 0.1) is 0 Å². The van der Waals surface area contributed by atoms with Crippen LogP contribution in [0.4, 0.5) is 0 Å². The van der Waals surface area contributed by atoms with Gasteiger partial charge in [0.1, 0.15) is 0 Å². The van der Waals surface area contributed by atoms with Crippen LogP contribution in [0.2, 0.25) is 0 Å². The van der Waals surface area contributed by atoms with Crippen LogP contribution in [0.25, 0.3) is 0 Å². The fourth-order valence-electron chi connectivity index (χ4n) is 0.962. The molecule has 5 heteroatoms. The number of esters is 1. The number of amides is 1. The first-order chi connectivity index (χ1) is 6.97. The minimum absolute atomic E-state index is 0.00860. The van der Waals surface area contributed by atoms with Gasteiger partial charge in [-0.15, -0.1) is 0 Å². The van der Waals surface area contributed by atoms with Gasteiger partial charge in [-0.25, -0.2) is 0 Å². The van der Waals surface area contributed by atoms with Crippen molar-refractivity contribution in [3.8, 4) is 0 Å². The lowest BCUT2D eigenvalue weighted by Gasteiger charge is -2.15. The molecule has 0 rings (SSSR count). The molecule has 0 aliphatic carbocycles. The average molecular weight is 216 g/mol. The third-order valence-electron chi connectivity index (χ3n) is 1.88. The van der Waals surface area contributed by atoms with E-state index in [1.165, 1.54) is 4.90 Å². The number of hydrogen-bond donors (Lipinski definition) is 1. The van der Waals surface area contributed by atoms with Gasteiger partial charge in [-0.1, -0.05) is 0 Å². The second-order valence-corrected chi connectivity index (χ2v) is 3.58. The number of nitrogens with one attached hydrogen (secondary N) is 1. The van der Waals surface area contributed by atoms with Crippen LogP contribution < -0.4 is 5.32 Å². The highest BCUT2D eigenvalue weighted by Gasteiger charge is 2.11. The van der Waals surface area contributed by atoms with E-state index in [4.69, 9.17) is 4.74 Å². The van der Waals surface area contributed by atoms with Gasteiger partial charge >= 0.3 is 5.97 Å². The van der Waals surface area contributed by atoms with Crippen molar-refractivity contribution in [3.63, 3.8) is 0 Å². The molecule has 0 bridgehead atoms. The second kappa shape index (κ2) is 7.23. The maximum absolute atomic E-state index is 11.2. The highest BCUT2D eigenvalue weighted by molar-refractivity contribution is 5.77. The Labute approximate surface area is 90.8 Å². The van der Waals surface area contributed by atoms with E-state index in [2.05, 4.69) is 5.32 Å². The predicted molar refractivity (Wildman–Crippen MR) is 57.4 cm³/mol. The van der Waals surface area contributed by atoms with Crippen LogP contribution in [0.3, 0.4) is 0 Å². The van der Waals surface area contributed by atoms with Crippen molar-refractivity contribution in [3.05, 3.63) is 0 Å². The van der Waals surface area contributed by atoms with Crippen molar-refractivity contribution < 1.29 is 14.3 Å². The number of likely N-dealkylation sites (N-methyl/N-ethyl adjacent to an activating group) is 1. The summed E-state index contributed by atoms with van der Waals surface area (Å²) in [6.07, 6.45) is 0.286. The Bertz CT molecular complexity index is 217. The van der Waals surface area contributed by atoms with E-state index in [1.807, 2.05) is 6.92 Å². The van der Waals surface area contributed by atoms with Gasteiger partial charge < -0.3 is 15.0 Å². The summed E-state index contributed by atoms with van der Waals surface area (Å²) < 4.78 is 4.79. The molecule has 1 N–H and O–H groups in total. The zero-order valence-corrected chi connectivity index (χ0v) is 9.87. The van der Waals surface area contributed by atoms with Crippen molar-refractivity contribution in [1.29, 1.82) is 0 Å². The Kier molecular flexibility index (Phi) is 6.70. The van der Waals surface area contributed by atoms with E-state index in [-0.39, 0.29) is 30.9 Å². The SMILES string of the molecule is CCOC(=O)CC(C)NCC(=O)N(C)C. The summed E-state index contributed by atoms with van der Waals surface area (Å²) in [6.45, 7) is 4.25. The van der Waals surface area contributed by atoms with Crippen molar-refractivity contribution in [2.24, 2.45) is 0 Å². The Morgan fingerprint density at radius 2 is 2.00 bits per heavy atom. The number of rotatable bonds is 6. The predicted octanol–water partition coefficient (Wildman–Crippen LogP) is 0.00590. The van der Waals surface area contributed by atoms with Crippen LogP contribution in [0.5, 0.6) is 0 Å². The lowest BCUT2D eigenvalue weighted by Crippen LogP contribution is -2.38. The molecule has 1 atom stereocenters. The fraction of sp³-hybridized carbons (Fsp3) is 0.800. The number of carbonyl (C=O) groups excluding carboxylic acids is 2. The molecule has 0 aliphatic heterocycles. The smallest absolute Gasteiger partial charge is 0.307 e. The summed E-state index contributed by atoms with van der Waals surface area (Å²) in [6, 6.07) is -0.0482. The topological polar surface area (TPSA) is 58.6 Å². The minimum atomic E-state index is -0.241. The lowest BCUT2D eigenvalue weighted by atomic mass is 10.2. The maximum atomic E-state index is 11.2. The van der Waals surface area contributed by atoms with E-state index >= 15 is 0 Å². The zero-order chi connectivity index (χ0) is 11.8. The Morgan fingerprint density at radius 3 is 2.47 bits per heavy atom. The Morgan fingerprint density at radius 1 is 1.40 bits per heavy atom. The number of ether oxygens (including phenoxy) is 1. The summed E-state index contributed by atoms with van der Waals surface area (Å²) in [7, 11) is 3.39. The molecule has 0 aromatic heterocycles. The summed E-state index contributed by atoms with van der Waals surface area (Å²) in [5.74, 6) is -0.250. The summed E-state index contributed by atoms with van der Waals surface area (Å²) >= 11 is 0. The average Bonchev–Trinajstić information content (AvgIpc) is 2.14. The van der Waals surface area contributed by atoms with Crippen LogP contribution in [-0.2, 0) is 14.3 Å². The quantitative estimate of drug-likeness (QED) is 0.635. The first-order valence-corrected chi connectivity index (χ1v) is 5.06. The molecule has 0 spiro atoms. The van der Waals surface area contributed by atoms with Crippen LogP contribution in [0.15, 0.2) is 0 Å². The molecule has 0 saturated carbocycles. The Hall–Kier alpha value is -1.10. The summed E-state index contributed by atoms with van der Waals surface area (Å²) in [5, 5.41) is 2.96. The summed E-state index contributed by atoms with van der Waals surface area (Å²) in [5.41, 5.74) is 0. The van der Waals surface area contributed by atoms with E-state index < -0.39 is 0 Å². The Balaban J connectivity index is 3.70. The molecular weight excluding hydrogens is 196 g/mol. The van der Waals surface area contributed by atoms with Gasteiger partial charge in [0.25, 0.3) is 0 Å². The monoisotopic (exact) mass is 216 g/mol. The third kappa shape index (κ3) is 6.90. The van der Waals surface area contributed by atoms with Gasteiger partial charge in [0.15, 0.2) is 0 Å². The lowest BCUT2D eigenvalue weighted by molar-refractivity contribution is -0.143. The molecule has 1 amide bonds. The van der Waals surface area contributed by atoms with Gasteiger partial charge in [0.2, 0.25) is 5.91 Å². The maximum Gasteiger partial charge on any atom is 0.307 e. The normalized spacial score (nSPS) is 12.0. The van der Waals surface area contributed by atoms with E-state index in [0.29, 0.717) is 6.61 Å². The van der Waals surface area contributed by atoms with E-state index in [0.717, 1.165) is 0 Å². The molecule has 88 valence electrons. The molecular formula is C10H20N2O3. The third-order valence-corrected chi connectivity index (χ3v) is 1.88. The molecule has 0 aliphatic rings. The number of nitrogens with zero attached hydrogens (tertiary/aromatic N) is 1. The molecule has 0 heterocycles. The van der Waals surface area contributed by atoms with Crippen molar-refractivity contribution in [2.75, 3.05) is 27.2 Å². The molecule has 0 saturated heterocycles. The standard InChI is InChI=1S/C10H20N2O3/c1-5-15-10(14)6-8(2)11-7-9(13)12(3)4/h8,11H,5-7H2,1-4H3. The molecule has 0 aromatic carbocycles. The second-order valence-electron chi connectivity index (χ2n) is 3.58. The van der Waals surface area contributed by atoms with Gasteiger partial charge in [-0.3, -0.25) is 9.59 Å². The van der Waals surface area contributed by atoms with E-state index in [1.54, 1.807) is 21.0 Å². The molecule has 0 aromatic rings. The zero-order valence-electron chi connectivity index (χ0n) is 9.87. The molecule has 0 radical (unpaired) electrons. The summed E-state index contributed by atoms with van der Waals surface area (Å²) in [4.78, 5) is 23.8. The molecule has 1 unspecified atom stereocenters. The largest absolute Gasteiger partial charge is 0.466 e. The van der Waals surface area contributed by atoms with Gasteiger partial charge in [-0.05, 0) is 13.8 Å². The molecule has 15 heavy (non-hydrogen) atoms. The first kappa shape index (κ1) is 13.9. The van der Waals surface area contributed by atoms with Crippen LogP contribution >= 0.6 is 0 Å². The molecule has 0 fully saturated rings. The molecule has 5 nitrogen and oxygen atoms in total. The van der Waals surface area contributed by atoms with Gasteiger partial charge in [0.05, 0.1) is 19.6 Å². The van der Waals surface area contributed by atoms with Crippen LogP contribution in [-0.4, -0.2) is 50.1 Å². The van der Waals surface area contributed by atoms with Crippen molar-refractivity contribution in [1.82, 2.24) is 10.2 Å². The highest BCUT2D eigenvalue weighted by Crippen LogP contribution is 1.93.